The number of urea groups is 1. The van der Waals surface area contributed by atoms with Gasteiger partial charge in [-0.05, 0) is 37.5 Å². The van der Waals surface area contributed by atoms with Crippen molar-refractivity contribution >= 4 is 6.03 Å². The zero-order chi connectivity index (χ0) is 13.7. The van der Waals surface area contributed by atoms with Gasteiger partial charge in [0.15, 0.2) is 0 Å². The number of nitrogens with zero attached hydrogens (tertiary/aromatic N) is 1. The van der Waals surface area contributed by atoms with E-state index in [0.29, 0.717) is 12.0 Å². The predicted molar refractivity (Wildman–Crippen MR) is 79.2 cm³/mol. The van der Waals surface area contributed by atoms with E-state index in [0.717, 1.165) is 12.5 Å². The lowest BCUT2D eigenvalue weighted by atomic mass is 9.83. The molecule has 2 atom stereocenters. The van der Waals surface area contributed by atoms with Crippen molar-refractivity contribution in [1.29, 1.82) is 0 Å². The van der Waals surface area contributed by atoms with Crippen molar-refractivity contribution in [3.05, 3.63) is 0 Å². The fraction of sp³-hybridized carbons (Fsp3) is 0.938. The number of hydrogen-bond acceptors (Lipinski definition) is 1. The van der Waals surface area contributed by atoms with Crippen LogP contribution in [-0.4, -0.2) is 30.6 Å². The van der Waals surface area contributed by atoms with Gasteiger partial charge >= 0.3 is 6.03 Å². The molecular weight excluding hydrogens is 236 g/mol. The Kier molecular flexibility index (Phi) is 5.53. The molecule has 0 aliphatic heterocycles. The Labute approximate surface area is 118 Å². The van der Waals surface area contributed by atoms with Crippen LogP contribution in [0.4, 0.5) is 4.79 Å². The maximum Gasteiger partial charge on any atom is 0.317 e. The fourth-order valence-corrected chi connectivity index (χ4v) is 3.82. The van der Waals surface area contributed by atoms with E-state index >= 15 is 0 Å². The average molecular weight is 266 g/mol. The van der Waals surface area contributed by atoms with Crippen molar-refractivity contribution in [2.45, 2.75) is 70.8 Å². The Morgan fingerprint density at radius 3 is 2.42 bits per heavy atom. The highest BCUT2D eigenvalue weighted by atomic mass is 16.2. The van der Waals surface area contributed by atoms with E-state index in [4.69, 9.17) is 0 Å². The van der Waals surface area contributed by atoms with E-state index in [9.17, 15) is 4.79 Å². The molecular formula is C16H30N2O. The van der Waals surface area contributed by atoms with Gasteiger partial charge in [-0.15, -0.1) is 0 Å². The summed E-state index contributed by atoms with van der Waals surface area (Å²) in [5, 5.41) is 3.28. The lowest BCUT2D eigenvalue weighted by Crippen LogP contribution is -2.48. The second kappa shape index (κ2) is 7.16. The van der Waals surface area contributed by atoms with E-state index in [1.54, 1.807) is 0 Å². The molecule has 19 heavy (non-hydrogen) atoms. The van der Waals surface area contributed by atoms with Crippen LogP contribution >= 0.6 is 0 Å². The monoisotopic (exact) mass is 266 g/mol. The molecule has 0 radical (unpaired) electrons. The minimum atomic E-state index is 0.150. The Balaban J connectivity index is 1.78. The number of carbonyl (C=O) groups is 1. The van der Waals surface area contributed by atoms with Crippen molar-refractivity contribution in [3.8, 4) is 0 Å². The van der Waals surface area contributed by atoms with Crippen LogP contribution < -0.4 is 5.32 Å². The molecule has 0 aromatic carbocycles. The van der Waals surface area contributed by atoms with E-state index < -0.39 is 0 Å². The van der Waals surface area contributed by atoms with Gasteiger partial charge in [-0.25, -0.2) is 4.79 Å². The molecule has 0 bridgehead atoms. The van der Waals surface area contributed by atoms with Gasteiger partial charge in [0.1, 0.15) is 0 Å². The molecule has 2 aliphatic carbocycles. The molecule has 2 amide bonds. The summed E-state index contributed by atoms with van der Waals surface area (Å²) >= 11 is 0. The molecule has 3 nitrogen and oxygen atoms in total. The van der Waals surface area contributed by atoms with Gasteiger partial charge in [0.25, 0.3) is 0 Å². The van der Waals surface area contributed by atoms with Crippen LogP contribution in [0, 0.1) is 11.8 Å². The number of nitrogens with one attached hydrogen (secondary N) is 1. The van der Waals surface area contributed by atoms with E-state index in [1.165, 1.54) is 57.8 Å². The van der Waals surface area contributed by atoms with Crippen molar-refractivity contribution in [3.63, 3.8) is 0 Å². The lowest BCUT2D eigenvalue weighted by Gasteiger charge is -2.33. The standard InChI is InChI=1S/C16H30N2O/c1-3-14-10-6-7-11-15(14)17-16(19)18(2)12-13-8-4-5-9-13/h13-15H,3-12H2,1-2H3,(H,17,19). The first-order valence-electron chi connectivity index (χ1n) is 8.22. The summed E-state index contributed by atoms with van der Waals surface area (Å²) in [6.45, 7) is 3.19. The maximum absolute atomic E-state index is 12.3. The first-order chi connectivity index (χ1) is 9.20. The van der Waals surface area contributed by atoms with Crippen molar-refractivity contribution in [2.75, 3.05) is 13.6 Å². The minimum Gasteiger partial charge on any atom is -0.335 e. The third-order valence-electron chi connectivity index (χ3n) is 5.10. The fourth-order valence-electron chi connectivity index (χ4n) is 3.82. The van der Waals surface area contributed by atoms with Gasteiger partial charge in [-0.2, -0.15) is 0 Å². The largest absolute Gasteiger partial charge is 0.335 e. The normalized spacial score (nSPS) is 28.3. The van der Waals surface area contributed by atoms with Gasteiger partial charge in [0.05, 0.1) is 0 Å². The molecule has 2 fully saturated rings. The van der Waals surface area contributed by atoms with E-state index in [1.807, 2.05) is 11.9 Å². The summed E-state index contributed by atoms with van der Waals surface area (Å²) in [5.41, 5.74) is 0. The summed E-state index contributed by atoms with van der Waals surface area (Å²) in [6.07, 6.45) is 11.6. The molecule has 2 rings (SSSR count). The van der Waals surface area contributed by atoms with Crippen LogP contribution in [0.3, 0.4) is 0 Å². The molecule has 0 saturated heterocycles. The highest BCUT2D eigenvalue weighted by molar-refractivity contribution is 5.74. The third-order valence-corrected chi connectivity index (χ3v) is 5.10. The van der Waals surface area contributed by atoms with Crippen LogP contribution in [-0.2, 0) is 0 Å². The number of rotatable bonds is 4. The summed E-state index contributed by atoms with van der Waals surface area (Å²) in [4.78, 5) is 14.2. The summed E-state index contributed by atoms with van der Waals surface area (Å²) in [7, 11) is 1.96. The quantitative estimate of drug-likeness (QED) is 0.825. The van der Waals surface area contributed by atoms with Gasteiger partial charge in [-0.3, -0.25) is 0 Å². The zero-order valence-electron chi connectivity index (χ0n) is 12.7. The second-order valence-corrected chi connectivity index (χ2v) is 6.54. The molecule has 0 aromatic heterocycles. The molecule has 2 saturated carbocycles. The molecule has 2 unspecified atom stereocenters. The van der Waals surface area contributed by atoms with Crippen molar-refractivity contribution in [2.24, 2.45) is 11.8 Å². The number of hydrogen-bond donors (Lipinski definition) is 1. The predicted octanol–water partition coefficient (Wildman–Crippen LogP) is 3.79. The van der Waals surface area contributed by atoms with Gasteiger partial charge in [0, 0.05) is 19.6 Å². The Morgan fingerprint density at radius 1 is 1.11 bits per heavy atom. The van der Waals surface area contributed by atoms with Gasteiger partial charge < -0.3 is 10.2 Å². The second-order valence-electron chi connectivity index (χ2n) is 6.54. The topological polar surface area (TPSA) is 32.3 Å². The van der Waals surface area contributed by atoms with Crippen LogP contribution in [0.15, 0.2) is 0 Å². The minimum absolute atomic E-state index is 0.150. The van der Waals surface area contributed by atoms with Crippen LogP contribution in [0.5, 0.6) is 0 Å². The van der Waals surface area contributed by atoms with Crippen LogP contribution in [0.2, 0.25) is 0 Å². The van der Waals surface area contributed by atoms with Crippen LogP contribution in [0.1, 0.15) is 64.7 Å². The van der Waals surface area contributed by atoms with E-state index in [-0.39, 0.29) is 6.03 Å². The Bertz CT molecular complexity index is 286. The third kappa shape index (κ3) is 4.12. The molecule has 0 spiro atoms. The SMILES string of the molecule is CCC1CCCCC1NC(=O)N(C)CC1CCCC1. The summed E-state index contributed by atoms with van der Waals surface area (Å²) in [6, 6.07) is 0.564. The number of carbonyl (C=O) groups excluding carboxylic acids is 1. The first kappa shape index (κ1) is 14.7. The van der Waals surface area contributed by atoms with Gasteiger partial charge in [0.2, 0.25) is 0 Å². The highest BCUT2D eigenvalue weighted by Crippen LogP contribution is 2.27. The molecule has 3 heteroatoms. The Hall–Kier alpha value is -0.730. The smallest absolute Gasteiger partial charge is 0.317 e. The Morgan fingerprint density at radius 2 is 1.74 bits per heavy atom. The first-order valence-corrected chi connectivity index (χ1v) is 8.22. The molecule has 110 valence electrons. The summed E-state index contributed by atoms with van der Waals surface area (Å²) in [5.74, 6) is 1.43. The van der Waals surface area contributed by atoms with E-state index in [2.05, 4.69) is 12.2 Å². The zero-order valence-corrected chi connectivity index (χ0v) is 12.7. The van der Waals surface area contributed by atoms with Crippen molar-refractivity contribution < 1.29 is 4.79 Å². The lowest BCUT2D eigenvalue weighted by molar-refractivity contribution is 0.181. The maximum atomic E-state index is 12.3. The molecule has 0 aromatic rings. The highest BCUT2D eigenvalue weighted by Gasteiger charge is 2.27. The molecule has 2 aliphatic rings. The van der Waals surface area contributed by atoms with Gasteiger partial charge in [-0.1, -0.05) is 39.0 Å². The van der Waals surface area contributed by atoms with Crippen molar-refractivity contribution in [1.82, 2.24) is 10.2 Å². The molecule has 0 heterocycles. The number of amides is 2. The van der Waals surface area contributed by atoms with Crippen LogP contribution in [0.25, 0.3) is 0 Å². The summed E-state index contributed by atoms with van der Waals surface area (Å²) < 4.78 is 0. The average Bonchev–Trinajstić information content (AvgIpc) is 2.92. The molecule has 1 N–H and O–H groups in total.